The molecule has 0 bridgehead atoms. The highest BCUT2D eigenvalue weighted by Crippen LogP contribution is 2.26. The maximum Gasteiger partial charge on any atom is 0.183 e. The molecule has 0 aliphatic heterocycles. The molecule has 0 unspecified atom stereocenters. The van der Waals surface area contributed by atoms with Gasteiger partial charge in [-0.2, -0.15) is 5.10 Å². The number of halogens is 2. The van der Waals surface area contributed by atoms with Gasteiger partial charge in [0.25, 0.3) is 0 Å². The maximum absolute atomic E-state index is 5.42. The van der Waals surface area contributed by atoms with E-state index in [-0.39, 0.29) is 0 Å². The topological polar surface area (TPSA) is 53.9 Å². The maximum atomic E-state index is 5.42. The average molecular weight is 335 g/mol. The lowest BCUT2D eigenvalue weighted by Gasteiger charge is -1.98. The van der Waals surface area contributed by atoms with Gasteiger partial charge in [-0.15, -0.1) is 0 Å². The molecule has 80 valence electrons. The van der Waals surface area contributed by atoms with E-state index in [4.69, 9.17) is 4.42 Å². The van der Waals surface area contributed by atoms with Gasteiger partial charge < -0.3 is 9.73 Å². The molecule has 0 radical (unpaired) electrons. The summed E-state index contributed by atoms with van der Waals surface area (Å²) in [6, 6.07) is 1.94. The lowest BCUT2D eigenvalue weighted by atomic mass is 10.3. The minimum atomic E-state index is 0.690. The van der Waals surface area contributed by atoms with E-state index in [0.717, 1.165) is 27.0 Å². The van der Waals surface area contributed by atoms with Crippen LogP contribution in [-0.4, -0.2) is 10.2 Å². The Kier molecular flexibility index (Phi) is 3.61. The zero-order valence-corrected chi connectivity index (χ0v) is 10.9. The van der Waals surface area contributed by atoms with Gasteiger partial charge in [-0.25, -0.2) is 0 Å². The SMILES string of the molecule is Brc1cc(CNCc2cn[nH]c2)oc1Br. The van der Waals surface area contributed by atoms with Crippen molar-refractivity contribution in [3.8, 4) is 0 Å². The molecule has 0 spiro atoms. The lowest BCUT2D eigenvalue weighted by molar-refractivity contribution is 0.464. The lowest BCUT2D eigenvalue weighted by Crippen LogP contribution is -2.11. The molecule has 4 nitrogen and oxygen atoms in total. The first kappa shape index (κ1) is 10.9. The second-order valence-electron chi connectivity index (χ2n) is 3.04. The fraction of sp³-hybridized carbons (Fsp3) is 0.222. The van der Waals surface area contributed by atoms with Gasteiger partial charge in [0.2, 0.25) is 0 Å². The molecule has 15 heavy (non-hydrogen) atoms. The van der Waals surface area contributed by atoms with Gasteiger partial charge in [0.1, 0.15) is 5.76 Å². The number of H-pyrrole nitrogens is 1. The summed E-state index contributed by atoms with van der Waals surface area (Å²) in [6.45, 7) is 1.46. The Balaban J connectivity index is 1.83. The number of rotatable bonds is 4. The summed E-state index contributed by atoms with van der Waals surface area (Å²) in [5.74, 6) is 0.886. The molecule has 2 heterocycles. The van der Waals surface area contributed by atoms with Crippen molar-refractivity contribution in [1.29, 1.82) is 0 Å². The van der Waals surface area contributed by atoms with Crippen molar-refractivity contribution in [2.75, 3.05) is 0 Å². The molecule has 0 aliphatic carbocycles. The molecule has 0 aromatic carbocycles. The van der Waals surface area contributed by atoms with Crippen molar-refractivity contribution in [2.24, 2.45) is 0 Å². The number of nitrogens with one attached hydrogen (secondary N) is 2. The van der Waals surface area contributed by atoms with Crippen molar-refractivity contribution in [3.63, 3.8) is 0 Å². The zero-order valence-electron chi connectivity index (χ0n) is 7.76. The average Bonchev–Trinajstić information content (AvgIpc) is 2.79. The Morgan fingerprint density at radius 1 is 1.40 bits per heavy atom. The summed E-state index contributed by atoms with van der Waals surface area (Å²) in [6.07, 6.45) is 3.65. The zero-order chi connectivity index (χ0) is 10.7. The first-order valence-corrected chi connectivity index (χ1v) is 5.96. The molecule has 0 saturated carbocycles. The van der Waals surface area contributed by atoms with Crippen molar-refractivity contribution in [3.05, 3.63) is 38.9 Å². The fourth-order valence-electron chi connectivity index (χ4n) is 1.18. The van der Waals surface area contributed by atoms with Crippen LogP contribution in [0.15, 0.2) is 32.0 Å². The van der Waals surface area contributed by atoms with E-state index in [0.29, 0.717) is 6.54 Å². The molecule has 0 saturated heterocycles. The van der Waals surface area contributed by atoms with E-state index in [1.807, 2.05) is 12.3 Å². The molecule has 2 rings (SSSR count). The summed E-state index contributed by atoms with van der Waals surface area (Å²) in [5.41, 5.74) is 1.12. The smallest absolute Gasteiger partial charge is 0.183 e. The molecular weight excluding hydrogens is 326 g/mol. The van der Waals surface area contributed by atoms with E-state index in [2.05, 4.69) is 47.4 Å². The van der Waals surface area contributed by atoms with E-state index in [1.165, 1.54) is 0 Å². The molecule has 0 atom stereocenters. The van der Waals surface area contributed by atoms with Crippen molar-refractivity contribution >= 4 is 31.9 Å². The largest absolute Gasteiger partial charge is 0.452 e. The fourth-order valence-corrected chi connectivity index (χ4v) is 1.84. The van der Waals surface area contributed by atoms with Crippen LogP contribution >= 0.6 is 31.9 Å². The number of hydrogen-bond donors (Lipinski definition) is 2. The minimum Gasteiger partial charge on any atom is -0.452 e. The van der Waals surface area contributed by atoms with Crippen LogP contribution in [0.3, 0.4) is 0 Å². The molecular formula is C9H9Br2N3O. The third-order valence-electron chi connectivity index (χ3n) is 1.88. The van der Waals surface area contributed by atoms with E-state index < -0.39 is 0 Å². The summed E-state index contributed by atoms with van der Waals surface area (Å²) < 4.78 is 7.08. The van der Waals surface area contributed by atoms with Crippen LogP contribution in [0.2, 0.25) is 0 Å². The molecule has 2 N–H and O–H groups in total. The Bertz CT molecular complexity index is 405. The monoisotopic (exact) mass is 333 g/mol. The van der Waals surface area contributed by atoms with Crippen LogP contribution in [0, 0.1) is 0 Å². The van der Waals surface area contributed by atoms with E-state index in [1.54, 1.807) is 6.20 Å². The van der Waals surface area contributed by atoms with Gasteiger partial charge in [-0.1, -0.05) is 0 Å². The van der Waals surface area contributed by atoms with Crippen molar-refractivity contribution in [1.82, 2.24) is 15.5 Å². The number of aromatic amines is 1. The summed E-state index contributed by atoms with van der Waals surface area (Å²) >= 11 is 6.65. The molecule has 2 aromatic heterocycles. The Morgan fingerprint density at radius 3 is 2.87 bits per heavy atom. The molecule has 0 aliphatic rings. The summed E-state index contributed by atoms with van der Waals surface area (Å²) in [7, 11) is 0. The van der Waals surface area contributed by atoms with Crippen LogP contribution in [0.25, 0.3) is 0 Å². The van der Waals surface area contributed by atoms with Crippen molar-refractivity contribution < 1.29 is 4.42 Å². The molecule has 6 heteroatoms. The highest BCUT2D eigenvalue weighted by atomic mass is 79.9. The first-order chi connectivity index (χ1) is 7.25. The number of aromatic nitrogens is 2. The Labute approximate surface area is 104 Å². The van der Waals surface area contributed by atoms with Gasteiger partial charge in [-0.05, 0) is 37.9 Å². The summed E-state index contributed by atoms with van der Waals surface area (Å²) in [5, 5.41) is 9.88. The highest BCUT2D eigenvalue weighted by Gasteiger charge is 2.05. The third kappa shape index (κ3) is 2.93. The third-order valence-corrected chi connectivity index (χ3v) is 3.59. The van der Waals surface area contributed by atoms with Crippen LogP contribution in [-0.2, 0) is 13.1 Å². The van der Waals surface area contributed by atoms with Crippen LogP contribution < -0.4 is 5.32 Å². The summed E-state index contributed by atoms with van der Waals surface area (Å²) in [4.78, 5) is 0. The molecule has 0 fully saturated rings. The minimum absolute atomic E-state index is 0.690. The number of furan rings is 1. The van der Waals surface area contributed by atoms with Gasteiger partial charge in [-0.3, -0.25) is 5.10 Å². The van der Waals surface area contributed by atoms with Crippen LogP contribution in [0.5, 0.6) is 0 Å². The Hall–Kier alpha value is -0.590. The van der Waals surface area contributed by atoms with E-state index in [9.17, 15) is 0 Å². The van der Waals surface area contributed by atoms with Crippen molar-refractivity contribution in [2.45, 2.75) is 13.1 Å². The van der Waals surface area contributed by atoms with Crippen LogP contribution in [0.4, 0.5) is 0 Å². The van der Waals surface area contributed by atoms with Gasteiger partial charge >= 0.3 is 0 Å². The normalized spacial score (nSPS) is 10.8. The Morgan fingerprint density at radius 2 is 2.27 bits per heavy atom. The van der Waals surface area contributed by atoms with Crippen LogP contribution in [0.1, 0.15) is 11.3 Å². The van der Waals surface area contributed by atoms with Gasteiger partial charge in [0.05, 0.1) is 17.2 Å². The second kappa shape index (κ2) is 4.96. The molecule has 2 aromatic rings. The second-order valence-corrected chi connectivity index (χ2v) is 4.62. The van der Waals surface area contributed by atoms with Gasteiger partial charge in [0, 0.05) is 18.3 Å². The standard InChI is InChI=1S/C9H9Br2N3O/c10-8-1-7(15-9(8)11)5-12-2-6-3-13-14-4-6/h1,3-4,12H,2,5H2,(H,13,14). The highest BCUT2D eigenvalue weighted by molar-refractivity contribution is 9.13. The predicted molar refractivity (Wildman–Crippen MR) is 63.2 cm³/mol. The number of hydrogen-bond acceptors (Lipinski definition) is 3. The first-order valence-electron chi connectivity index (χ1n) is 4.38. The van der Waals surface area contributed by atoms with Gasteiger partial charge in [0.15, 0.2) is 4.67 Å². The van der Waals surface area contributed by atoms with E-state index >= 15 is 0 Å². The quantitative estimate of drug-likeness (QED) is 0.904. The predicted octanol–water partition coefficient (Wildman–Crippen LogP) is 2.82. The number of nitrogens with zero attached hydrogens (tertiary/aromatic N) is 1. The molecule has 0 amide bonds.